The molecule has 1 aromatic carbocycles. The lowest BCUT2D eigenvalue weighted by Gasteiger charge is -2.40. The highest BCUT2D eigenvalue weighted by Crippen LogP contribution is 2.28. The molecular weight excluding hydrogens is 322 g/mol. The second-order valence-corrected chi connectivity index (χ2v) is 7.57. The van der Waals surface area contributed by atoms with Crippen LogP contribution in [0.5, 0.6) is 0 Å². The van der Waals surface area contributed by atoms with Crippen molar-refractivity contribution in [2.24, 2.45) is 7.05 Å². The number of piperazine rings is 1. The van der Waals surface area contributed by atoms with Crippen LogP contribution < -0.4 is 5.32 Å². The lowest BCUT2D eigenvalue weighted by atomic mass is 10.1. The standard InChI is InChI=1S/C21H33N5/c1-16(2)25-11-13-26(14-12-25)19(15-22-4)20-17(3)24(5)21(23-20)18-9-7-6-8-10-18/h6-10,16,19,22H,11-15H2,1-5H3. The molecule has 5 heteroatoms. The minimum Gasteiger partial charge on any atom is -0.331 e. The van der Waals surface area contributed by atoms with Crippen molar-refractivity contribution in [3.05, 3.63) is 41.7 Å². The predicted molar refractivity (Wildman–Crippen MR) is 108 cm³/mol. The fourth-order valence-corrected chi connectivity index (χ4v) is 3.92. The number of likely N-dealkylation sites (N-methyl/N-ethyl adjacent to an activating group) is 1. The maximum atomic E-state index is 5.10. The van der Waals surface area contributed by atoms with E-state index in [1.807, 2.05) is 7.05 Å². The van der Waals surface area contributed by atoms with E-state index < -0.39 is 0 Å². The van der Waals surface area contributed by atoms with Crippen LogP contribution in [0.25, 0.3) is 11.4 Å². The first-order valence-corrected chi connectivity index (χ1v) is 9.74. The number of imidazole rings is 1. The van der Waals surface area contributed by atoms with Crippen LogP contribution in [-0.4, -0.2) is 65.2 Å². The van der Waals surface area contributed by atoms with Gasteiger partial charge in [-0.1, -0.05) is 30.3 Å². The Bertz CT molecular complexity index is 699. The van der Waals surface area contributed by atoms with Crippen molar-refractivity contribution in [3.8, 4) is 11.4 Å². The van der Waals surface area contributed by atoms with Gasteiger partial charge in [0.25, 0.3) is 0 Å². The van der Waals surface area contributed by atoms with E-state index >= 15 is 0 Å². The first kappa shape index (κ1) is 19.1. The Labute approximate surface area is 158 Å². The SMILES string of the molecule is CNCC(c1nc(-c2ccccc2)n(C)c1C)N1CCN(C(C)C)CC1. The number of benzene rings is 1. The van der Waals surface area contributed by atoms with Gasteiger partial charge in [0, 0.05) is 57.1 Å². The monoisotopic (exact) mass is 355 g/mol. The molecule has 0 aliphatic carbocycles. The Balaban J connectivity index is 1.87. The maximum absolute atomic E-state index is 5.10. The first-order chi connectivity index (χ1) is 12.5. The predicted octanol–water partition coefficient (Wildman–Crippen LogP) is 2.68. The van der Waals surface area contributed by atoms with Crippen LogP contribution in [0.2, 0.25) is 0 Å². The summed E-state index contributed by atoms with van der Waals surface area (Å²) in [5.74, 6) is 1.06. The average Bonchev–Trinajstić information content (AvgIpc) is 2.96. The van der Waals surface area contributed by atoms with Crippen LogP contribution >= 0.6 is 0 Å². The quantitative estimate of drug-likeness (QED) is 0.864. The van der Waals surface area contributed by atoms with Gasteiger partial charge in [-0.2, -0.15) is 0 Å². The van der Waals surface area contributed by atoms with Gasteiger partial charge in [-0.05, 0) is 27.8 Å². The number of rotatable bonds is 6. The van der Waals surface area contributed by atoms with Crippen LogP contribution in [0, 0.1) is 6.92 Å². The van der Waals surface area contributed by atoms with Gasteiger partial charge in [-0.15, -0.1) is 0 Å². The van der Waals surface area contributed by atoms with Crippen molar-refractivity contribution in [2.45, 2.75) is 32.9 Å². The summed E-state index contributed by atoms with van der Waals surface area (Å²) in [7, 11) is 4.16. The zero-order valence-corrected chi connectivity index (χ0v) is 16.9. The lowest BCUT2D eigenvalue weighted by Crippen LogP contribution is -2.51. The molecule has 3 rings (SSSR count). The van der Waals surface area contributed by atoms with Crippen molar-refractivity contribution in [2.75, 3.05) is 39.8 Å². The molecule has 26 heavy (non-hydrogen) atoms. The van der Waals surface area contributed by atoms with E-state index in [4.69, 9.17) is 4.98 Å². The third-order valence-corrected chi connectivity index (χ3v) is 5.68. The number of nitrogens with zero attached hydrogens (tertiary/aromatic N) is 4. The molecule has 0 amide bonds. The Hall–Kier alpha value is -1.69. The number of aromatic nitrogens is 2. The normalized spacial score (nSPS) is 17.8. The van der Waals surface area contributed by atoms with Crippen LogP contribution in [-0.2, 0) is 7.05 Å². The molecule has 1 aliphatic heterocycles. The second kappa shape index (κ2) is 8.33. The van der Waals surface area contributed by atoms with E-state index in [9.17, 15) is 0 Å². The Morgan fingerprint density at radius 1 is 1.04 bits per heavy atom. The highest BCUT2D eigenvalue weighted by Gasteiger charge is 2.29. The fourth-order valence-electron chi connectivity index (χ4n) is 3.92. The molecule has 142 valence electrons. The van der Waals surface area contributed by atoms with Crippen LogP contribution in [0.1, 0.15) is 31.3 Å². The van der Waals surface area contributed by atoms with Gasteiger partial charge in [-0.25, -0.2) is 4.98 Å². The molecule has 1 aromatic heterocycles. The summed E-state index contributed by atoms with van der Waals surface area (Å²) in [6, 6.07) is 11.4. The fraction of sp³-hybridized carbons (Fsp3) is 0.571. The Morgan fingerprint density at radius 2 is 1.65 bits per heavy atom. The Morgan fingerprint density at radius 3 is 2.23 bits per heavy atom. The van der Waals surface area contributed by atoms with Crippen LogP contribution in [0.4, 0.5) is 0 Å². The summed E-state index contributed by atoms with van der Waals surface area (Å²) >= 11 is 0. The zero-order valence-electron chi connectivity index (χ0n) is 16.9. The molecule has 2 aromatic rings. The van der Waals surface area contributed by atoms with E-state index in [0.717, 1.165) is 38.5 Å². The average molecular weight is 356 g/mol. The molecule has 2 heterocycles. The Kier molecular flexibility index (Phi) is 6.12. The van der Waals surface area contributed by atoms with E-state index in [1.54, 1.807) is 0 Å². The summed E-state index contributed by atoms with van der Waals surface area (Å²) in [5.41, 5.74) is 3.64. The molecule has 0 bridgehead atoms. The van der Waals surface area contributed by atoms with E-state index in [-0.39, 0.29) is 0 Å². The molecule has 1 N–H and O–H groups in total. The van der Waals surface area contributed by atoms with Crippen molar-refractivity contribution < 1.29 is 0 Å². The van der Waals surface area contributed by atoms with Gasteiger partial charge in [0.1, 0.15) is 5.82 Å². The number of nitrogens with one attached hydrogen (secondary N) is 1. The van der Waals surface area contributed by atoms with Crippen molar-refractivity contribution in [3.63, 3.8) is 0 Å². The van der Waals surface area contributed by atoms with Crippen LogP contribution in [0.3, 0.4) is 0 Å². The highest BCUT2D eigenvalue weighted by molar-refractivity contribution is 5.56. The van der Waals surface area contributed by atoms with Crippen molar-refractivity contribution in [1.82, 2.24) is 24.7 Å². The van der Waals surface area contributed by atoms with Crippen LogP contribution in [0.15, 0.2) is 30.3 Å². The first-order valence-electron chi connectivity index (χ1n) is 9.74. The van der Waals surface area contributed by atoms with E-state index in [2.05, 4.69) is 77.8 Å². The topological polar surface area (TPSA) is 36.3 Å². The number of hydrogen-bond donors (Lipinski definition) is 1. The smallest absolute Gasteiger partial charge is 0.140 e. The molecule has 1 unspecified atom stereocenters. The van der Waals surface area contributed by atoms with Gasteiger partial charge in [0.2, 0.25) is 0 Å². The molecule has 1 atom stereocenters. The van der Waals surface area contributed by atoms with Crippen molar-refractivity contribution in [1.29, 1.82) is 0 Å². The minimum atomic E-state index is 0.318. The second-order valence-electron chi connectivity index (χ2n) is 7.57. The van der Waals surface area contributed by atoms with Gasteiger partial charge in [0.15, 0.2) is 0 Å². The van der Waals surface area contributed by atoms with Gasteiger partial charge in [-0.3, -0.25) is 9.80 Å². The largest absolute Gasteiger partial charge is 0.331 e. The molecule has 0 spiro atoms. The minimum absolute atomic E-state index is 0.318. The van der Waals surface area contributed by atoms with Gasteiger partial charge in [0.05, 0.1) is 11.7 Å². The van der Waals surface area contributed by atoms with E-state index in [0.29, 0.717) is 12.1 Å². The summed E-state index contributed by atoms with van der Waals surface area (Å²) in [5, 5.41) is 3.39. The molecule has 0 radical (unpaired) electrons. The van der Waals surface area contributed by atoms with Gasteiger partial charge >= 0.3 is 0 Å². The lowest BCUT2D eigenvalue weighted by molar-refractivity contribution is 0.0765. The summed E-state index contributed by atoms with van der Waals surface area (Å²) in [6.07, 6.45) is 0. The van der Waals surface area contributed by atoms with E-state index in [1.165, 1.54) is 17.0 Å². The zero-order chi connectivity index (χ0) is 18.7. The molecule has 1 saturated heterocycles. The summed E-state index contributed by atoms with van der Waals surface area (Å²) in [4.78, 5) is 10.3. The molecule has 5 nitrogen and oxygen atoms in total. The molecule has 0 saturated carbocycles. The van der Waals surface area contributed by atoms with Crippen molar-refractivity contribution >= 4 is 0 Å². The summed E-state index contributed by atoms with van der Waals surface area (Å²) in [6.45, 7) is 12.2. The molecule has 1 fully saturated rings. The maximum Gasteiger partial charge on any atom is 0.140 e. The highest BCUT2D eigenvalue weighted by atomic mass is 15.3. The third kappa shape index (κ3) is 3.85. The van der Waals surface area contributed by atoms with Gasteiger partial charge < -0.3 is 9.88 Å². The summed E-state index contributed by atoms with van der Waals surface area (Å²) < 4.78 is 2.23. The third-order valence-electron chi connectivity index (χ3n) is 5.68. The molecule has 1 aliphatic rings. The number of hydrogen-bond acceptors (Lipinski definition) is 4. The molecular formula is C21H33N5.